The summed E-state index contributed by atoms with van der Waals surface area (Å²) < 4.78 is 34.2. The second kappa shape index (κ2) is 8.82. The predicted molar refractivity (Wildman–Crippen MR) is 106 cm³/mol. The van der Waals surface area contributed by atoms with E-state index in [1.165, 1.54) is 0 Å². The van der Waals surface area contributed by atoms with Crippen LogP contribution in [0, 0.1) is 0 Å². The van der Waals surface area contributed by atoms with Gasteiger partial charge in [-0.2, -0.15) is 0 Å². The lowest BCUT2D eigenvalue weighted by Gasteiger charge is -2.35. The van der Waals surface area contributed by atoms with Crippen LogP contribution in [0.4, 0.5) is 0 Å². The molecule has 0 bridgehead atoms. The molecule has 1 heterocycles. The summed E-state index contributed by atoms with van der Waals surface area (Å²) >= 11 is 9.46. The maximum Gasteiger partial charge on any atom is 0.240 e. The number of ether oxygens (including phenoxy) is 1. The van der Waals surface area contributed by atoms with Crippen molar-refractivity contribution in [3.8, 4) is 0 Å². The molecule has 0 aromatic heterocycles. The van der Waals surface area contributed by atoms with E-state index in [2.05, 4.69) is 25.6 Å². The highest BCUT2D eigenvalue weighted by Crippen LogP contribution is 2.25. The Morgan fingerprint density at radius 2 is 1.88 bits per heavy atom. The first-order valence-corrected chi connectivity index (χ1v) is 10.9. The first kappa shape index (κ1) is 19.8. The molecular weight excluding hydrogens is 440 g/mol. The van der Waals surface area contributed by atoms with E-state index in [0.29, 0.717) is 18.2 Å². The minimum atomic E-state index is -3.61. The smallest absolute Gasteiger partial charge is 0.240 e. The number of nitrogens with zero attached hydrogens (tertiary/aromatic N) is 1. The summed E-state index contributed by atoms with van der Waals surface area (Å²) in [5, 5.41) is 0.635. The van der Waals surface area contributed by atoms with Crippen molar-refractivity contribution in [3.05, 3.63) is 63.6 Å². The quantitative estimate of drug-likeness (QED) is 0.719. The van der Waals surface area contributed by atoms with Gasteiger partial charge in [0.05, 0.1) is 18.1 Å². The minimum absolute atomic E-state index is 0.112. The van der Waals surface area contributed by atoms with Gasteiger partial charge in [-0.3, -0.25) is 4.90 Å². The van der Waals surface area contributed by atoms with Crippen LogP contribution in [0.1, 0.15) is 11.6 Å². The highest BCUT2D eigenvalue weighted by molar-refractivity contribution is 9.10. The Morgan fingerprint density at radius 1 is 1.15 bits per heavy atom. The van der Waals surface area contributed by atoms with Crippen LogP contribution in [0.5, 0.6) is 0 Å². The highest BCUT2D eigenvalue weighted by Gasteiger charge is 2.25. The number of hydrogen-bond acceptors (Lipinski definition) is 4. The lowest BCUT2D eigenvalue weighted by molar-refractivity contribution is 0.0172. The number of sulfonamides is 1. The Labute approximate surface area is 167 Å². The van der Waals surface area contributed by atoms with Crippen molar-refractivity contribution in [1.29, 1.82) is 0 Å². The molecule has 1 aliphatic heterocycles. The molecule has 5 nitrogen and oxygen atoms in total. The summed E-state index contributed by atoms with van der Waals surface area (Å²) in [5.74, 6) is 0. The third kappa shape index (κ3) is 5.06. The van der Waals surface area contributed by atoms with Crippen molar-refractivity contribution >= 4 is 37.6 Å². The number of halogens is 2. The summed E-state index contributed by atoms with van der Waals surface area (Å²) in [6, 6.07) is 14.1. The van der Waals surface area contributed by atoms with E-state index in [1.54, 1.807) is 24.3 Å². The summed E-state index contributed by atoms with van der Waals surface area (Å²) in [5.41, 5.74) is 0.983. The van der Waals surface area contributed by atoms with Crippen LogP contribution < -0.4 is 4.72 Å². The molecule has 26 heavy (non-hydrogen) atoms. The summed E-state index contributed by atoms with van der Waals surface area (Å²) in [6.45, 7) is 3.02. The Morgan fingerprint density at radius 3 is 2.58 bits per heavy atom. The van der Waals surface area contributed by atoms with Gasteiger partial charge in [0.2, 0.25) is 10.0 Å². The van der Waals surface area contributed by atoms with Crippen molar-refractivity contribution in [2.75, 3.05) is 32.8 Å². The SMILES string of the molecule is O=S(=O)(NCC(c1cccc(Cl)c1)N1CCOCC1)c1cccc(Br)c1. The maximum absolute atomic E-state index is 12.7. The molecule has 1 atom stereocenters. The van der Waals surface area contributed by atoms with E-state index in [4.69, 9.17) is 16.3 Å². The van der Waals surface area contributed by atoms with Crippen molar-refractivity contribution < 1.29 is 13.2 Å². The molecule has 0 spiro atoms. The predicted octanol–water partition coefficient (Wildman–Crippen LogP) is 3.45. The molecule has 1 aliphatic rings. The van der Waals surface area contributed by atoms with Crippen molar-refractivity contribution in [3.63, 3.8) is 0 Å². The molecule has 1 fully saturated rings. The normalized spacial score (nSPS) is 17.2. The average molecular weight is 460 g/mol. The van der Waals surface area contributed by atoms with Crippen molar-refractivity contribution in [2.45, 2.75) is 10.9 Å². The number of benzene rings is 2. The van der Waals surface area contributed by atoms with Gasteiger partial charge in [-0.05, 0) is 35.9 Å². The average Bonchev–Trinajstić information content (AvgIpc) is 2.63. The second-order valence-electron chi connectivity index (χ2n) is 6.03. The van der Waals surface area contributed by atoms with Crippen LogP contribution in [0.25, 0.3) is 0 Å². The van der Waals surface area contributed by atoms with Crippen molar-refractivity contribution in [2.24, 2.45) is 0 Å². The van der Waals surface area contributed by atoms with E-state index < -0.39 is 10.0 Å². The Hall–Kier alpha value is -0.960. The third-order valence-corrected chi connectivity index (χ3v) is 6.44. The monoisotopic (exact) mass is 458 g/mol. The Balaban J connectivity index is 1.81. The van der Waals surface area contributed by atoms with Gasteiger partial charge < -0.3 is 4.74 Å². The van der Waals surface area contributed by atoms with Crippen LogP contribution >= 0.6 is 27.5 Å². The third-order valence-electron chi connectivity index (χ3n) is 4.29. The second-order valence-corrected chi connectivity index (χ2v) is 9.15. The Kier molecular flexibility index (Phi) is 6.71. The molecule has 8 heteroatoms. The lowest BCUT2D eigenvalue weighted by Crippen LogP contribution is -2.43. The maximum atomic E-state index is 12.7. The molecule has 2 aromatic rings. The zero-order valence-corrected chi connectivity index (χ0v) is 17.2. The fraction of sp³-hybridized carbons (Fsp3) is 0.333. The molecule has 0 radical (unpaired) electrons. The first-order valence-electron chi connectivity index (χ1n) is 8.28. The standard InChI is InChI=1S/C18H20BrClN2O3S/c19-15-4-2-6-17(12-15)26(23,24)21-13-18(22-7-9-25-10-8-22)14-3-1-5-16(20)11-14/h1-6,11-12,18,21H,7-10,13H2. The number of nitrogens with one attached hydrogen (secondary N) is 1. The van der Waals surface area contributed by atoms with Gasteiger partial charge in [-0.15, -0.1) is 0 Å². The zero-order chi connectivity index (χ0) is 18.6. The van der Waals surface area contributed by atoms with Crippen LogP contribution in [-0.2, 0) is 14.8 Å². The van der Waals surface area contributed by atoms with Crippen LogP contribution in [0.2, 0.25) is 5.02 Å². The molecule has 3 rings (SSSR count). The van der Waals surface area contributed by atoms with Crippen molar-refractivity contribution in [1.82, 2.24) is 9.62 Å². The lowest BCUT2D eigenvalue weighted by atomic mass is 10.1. The van der Waals surface area contributed by atoms with Gasteiger partial charge in [0, 0.05) is 35.2 Å². The Bertz CT molecular complexity index is 857. The van der Waals surface area contributed by atoms with Gasteiger partial charge in [0.1, 0.15) is 0 Å². The molecule has 1 saturated heterocycles. The number of rotatable bonds is 6. The van der Waals surface area contributed by atoms with Crippen LogP contribution in [-0.4, -0.2) is 46.2 Å². The number of morpholine rings is 1. The fourth-order valence-electron chi connectivity index (χ4n) is 2.97. The van der Waals surface area contributed by atoms with E-state index in [9.17, 15) is 8.42 Å². The summed E-state index contributed by atoms with van der Waals surface area (Å²) in [7, 11) is -3.61. The molecule has 0 aliphatic carbocycles. The molecular formula is C18H20BrClN2O3S. The number of hydrogen-bond donors (Lipinski definition) is 1. The van der Waals surface area contributed by atoms with Gasteiger partial charge in [0.15, 0.2) is 0 Å². The topological polar surface area (TPSA) is 58.6 Å². The van der Waals surface area contributed by atoms with E-state index in [-0.39, 0.29) is 17.5 Å². The van der Waals surface area contributed by atoms with E-state index >= 15 is 0 Å². The van der Waals surface area contributed by atoms with Gasteiger partial charge >= 0.3 is 0 Å². The first-order chi connectivity index (χ1) is 12.5. The van der Waals surface area contributed by atoms with Gasteiger partial charge in [-0.1, -0.05) is 45.7 Å². The van der Waals surface area contributed by atoms with E-state index in [0.717, 1.165) is 23.1 Å². The molecule has 140 valence electrons. The summed E-state index contributed by atoms with van der Waals surface area (Å²) in [6.07, 6.45) is 0. The van der Waals surface area contributed by atoms with E-state index in [1.807, 2.05) is 24.3 Å². The molecule has 2 aromatic carbocycles. The molecule has 0 amide bonds. The van der Waals surface area contributed by atoms with Gasteiger partial charge in [0.25, 0.3) is 0 Å². The minimum Gasteiger partial charge on any atom is -0.379 e. The molecule has 1 N–H and O–H groups in total. The zero-order valence-electron chi connectivity index (χ0n) is 14.1. The molecule has 0 saturated carbocycles. The van der Waals surface area contributed by atoms with Crippen LogP contribution in [0.3, 0.4) is 0 Å². The summed E-state index contributed by atoms with van der Waals surface area (Å²) in [4.78, 5) is 2.46. The fourth-order valence-corrected chi connectivity index (χ4v) is 4.80. The molecule has 1 unspecified atom stereocenters. The van der Waals surface area contributed by atoms with Crippen LogP contribution in [0.15, 0.2) is 57.9 Å². The largest absolute Gasteiger partial charge is 0.379 e. The highest BCUT2D eigenvalue weighted by atomic mass is 79.9. The van der Waals surface area contributed by atoms with Gasteiger partial charge in [-0.25, -0.2) is 13.1 Å².